The number of aryl methyl sites for hydroxylation is 2. The number of hydrogen-bond acceptors (Lipinski definition) is 2. The minimum atomic E-state index is -0.372. The van der Waals surface area contributed by atoms with Crippen LogP contribution in [-0.4, -0.2) is 0 Å². The first kappa shape index (κ1) is 12.9. The van der Waals surface area contributed by atoms with E-state index in [2.05, 4.69) is 15.9 Å². The number of benzene rings is 2. The molecule has 18 heavy (non-hydrogen) atoms. The minimum absolute atomic E-state index is 0.285. The van der Waals surface area contributed by atoms with Crippen molar-refractivity contribution in [1.82, 2.24) is 0 Å². The number of hydrogen-bond donors (Lipinski definition) is 1. The number of nitrogen functional groups attached to an aromatic ring is 1. The lowest BCUT2D eigenvalue weighted by molar-refractivity contribution is 0.482. The van der Waals surface area contributed by atoms with Gasteiger partial charge in [-0.3, -0.25) is 0 Å². The predicted molar refractivity (Wildman–Crippen MR) is 74.5 cm³/mol. The van der Waals surface area contributed by atoms with Crippen molar-refractivity contribution in [3.8, 4) is 11.5 Å². The largest absolute Gasteiger partial charge is 0.455 e. The fraction of sp³-hybridized carbons (Fsp3) is 0.143. The molecule has 0 aliphatic rings. The Hall–Kier alpha value is -1.55. The molecule has 4 heteroatoms. The third kappa shape index (κ3) is 2.64. The van der Waals surface area contributed by atoms with Crippen LogP contribution in [0.15, 0.2) is 34.8 Å². The van der Waals surface area contributed by atoms with Gasteiger partial charge in [0, 0.05) is 10.5 Å². The van der Waals surface area contributed by atoms with Crippen LogP contribution in [0.1, 0.15) is 11.1 Å². The fourth-order valence-electron chi connectivity index (χ4n) is 1.70. The van der Waals surface area contributed by atoms with Gasteiger partial charge in [0.15, 0.2) is 5.75 Å². The molecule has 0 saturated heterocycles. The van der Waals surface area contributed by atoms with Gasteiger partial charge in [-0.25, -0.2) is 4.39 Å². The normalized spacial score (nSPS) is 10.4. The van der Waals surface area contributed by atoms with Crippen LogP contribution in [0.3, 0.4) is 0 Å². The lowest BCUT2D eigenvalue weighted by Crippen LogP contribution is -1.94. The standard InChI is InChI=1S/C14H13BrFNO/c1-8-5-11(6-9(2)14(8)15)18-13-4-3-10(16)7-12(13)17/h3-7H,17H2,1-2H3. The molecule has 94 valence electrons. The van der Waals surface area contributed by atoms with E-state index in [1.165, 1.54) is 18.2 Å². The molecular formula is C14H13BrFNO. The first-order valence-electron chi connectivity index (χ1n) is 5.47. The van der Waals surface area contributed by atoms with E-state index in [-0.39, 0.29) is 11.5 Å². The van der Waals surface area contributed by atoms with E-state index in [0.717, 1.165) is 15.6 Å². The molecule has 0 amide bonds. The molecule has 0 radical (unpaired) electrons. The molecule has 2 nitrogen and oxygen atoms in total. The van der Waals surface area contributed by atoms with Crippen LogP contribution < -0.4 is 10.5 Å². The van der Waals surface area contributed by atoms with Crippen molar-refractivity contribution >= 4 is 21.6 Å². The fourth-order valence-corrected chi connectivity index (χ4v) is 1.93. The topological polar surface area (TPSA) is 35.2 Å². The molecule has 2 aromatic rings. The molecule has 2 rings (SSSR count). The summed E-state index contributed by atoms with van der Waals surface area (Å²) in [4.78, 5) is 0. The van der Waals surface area contributed by atoms with Crippen molar-refractivity contribution < 1.29 is 9.13 Å². The zero-order valence-corrected chi connectivity index (χ0v) is 11.7. The van der Waals surface area contributed by atoms with Crippen LogP contribution in [0.25, 0.3) is 0 Å². The summed E-state index contributed by atoms with van der Waals surface area (Å²) in [5.41, 5.74) is 8.14. The van der Waals surface area contributed by atoms with E-state index in [1.54, 1.807) is 0 Å². The van der Waals surface area contributed by atoms with E-state index in [1.807, 2.05) is 26.0 Å². The highest BCUT2D eigenvalue weighted by atomic mass is 79.9. The van der Waals surface area contributed by atoms with Crippen LogP contribution in [0, 0.1) is 19.7 Å². The maximum atomic E-state index is 12.9. The van der Waals surface area contributed by atoms with Gasteiger partial charge in [-0.15, -0.1) is 0 Å². The van der Waals surface area contributed by atoms with Crippen molar-refractivity contribution in [3.63, 3.8) is 0 Å². The molecule has 2 N–H and O–H groups in total. The zero-order chi connectivity index (χ0) is 13.3. The second-order valence-corrected chi connectivity index (χ2v) is 4.95. The van der Waals surface area contributed by atoms with E-state index >= 15 is 0 Å². The molecule has 0 bridgehead atoms. The van der Waals surface area contributed by atoms with Crippen LogP contribution in [0.2, 0.25) is 0 Å². The smallest absolute Gasteiger partial charge is 0.150 e. The number of rotatable bonds is 2. The monoisotopic (exact) mass is 309 g/mol. The third-order valence-corrected chi connectivity index (χ3v) is 3.86. The Morgan fingerprint density at radius 1 is 1.11 bits per heavy atom. The molecule has 0 unspecified atom stereocenters. The van der Waals surface area contributed by atoms with Crippen LogP contribution in [0.5, 0.6) is 11.5 Å². The van der Waals surface area contributed by atoms with Gasteiger partial charge in [0.2, 0.25) is 0 Å². The van der Waals surface area contributed by atoms with E-state index in [0.29, 0.717) is 11.5 Å². The highest BCUT2D eigenvalue weighted by Crippen LogP contribution is 2.32. The summed E-state index contributed by atoms with van der Waals surface area (Å²) in [6, 6.07) is 7.90. The third-order valence-electron chi connectivity index (χ3n) is 2.61. The molecule has 0 aliphatic heterocycles. The highest BCUT2D eigenvalue weighted by Gasteiger charge is 2.07. The average Bonchev–Trinajstić information content (AvgIpc) is 2.29. The second kappa shape index (κ2) is 4.98. The minimum Gasteiger partial charge on any atom is -0.455 e. The Morgan fingerprint density at radius 3 is 2.28 bits per heavy atom. The molecule has 0 aromatic heterocycles. The van der Waals surface area contributed by atoms with Crippen molar-refractivity contribution in [1.29, 1.82) is 0 Å². The maximum Gasteiger partial charge on any atom is 0.150 e. The van der Waals surface area contributed by atoms with Gasteiger partial charge in [-0.1, -0.05) is 15.9 Å². The quantitative estimate of drug-likeness (QED) is 0.824. The van der Waals surface area contributed by atoms with Gasteiger partial charge >= 0.3 is 0 Å². The Balaban J connectivity index is 2.34. The zero-order valence-electron chi connectivity index (χ0n) is 10.1. The Morgan fingerprint density at radius 2 is 1.72 bits per heavy atom. The summed E-state index contributed by atoms with van der Waals surface area (Å²) in [5.74, 6) is 0.770. The van der Waals surface area contributed by atoms with Crippen molar-refractivity contribution in [2.75, 3.05) is 5.73 Å². The van der Waals surface area contributed by atoms with Crippen LogP contribution in [0.4, 0.5) is 10.1 Å². The Labute approximate surface area is 114 Å². The molecule has 0 spiro atoms. The number of halogens is 2. The van der Waals surface area contributed by atoms with Gasteiger partial charge in [0.25, 0.3) is 0 Å². The van der Waals surface area contributed by atoms with Crippen molar-refractivity contribution in [3.05, 3.63) is 51.7 Å². The summed E-state index contributed by atoms with van der Waals surface area (Å²) >= 11 is 3.49. The maximum absolute atomic E-state index is 12.9. The molecular weight excluding hydrogens is 297 g/mol. The van der Waals surface area contributed by atoms with Gasteiger partial charge in [-0.2, -0.15) is 0 Å². The summed E-state index contributed by atoms with van der Waals surface area (Å²) in [5, 5.41) is 0. The van der Waals surface area contributed by atoms with Gasteiger partial charge < -0.3 is 10.5 Å². The molecule has 0 fully saturated rings. The summed E-state index contributed by atoms with van der Waals surface area (Å²) in [6.07, 6.45) is 0. The number of ether oxygens (including phenoxy) is 1. The lowest BCUT2D eigenvalue weighted by atomic mass is 10.1. The molecule has 0 atom stereocenters. The van der Waals surface area contributed by atoms with Crippen molar-refractivity contribution in [2.45, 2.75) is 13.8 Å². The van der Waals surface area contributed by atoms with Gasteiger partial charge in [0.05, 0.1) is 5.69 Å². The number of nitrogens with two attached hydrogens (primary N) is 1. The van der Waals surface area contributed by atoms with Gasteiger partial charge in [0.1, 0.15) is 11.6 Å². The van der Waals surface area contributed by atoms with Crippen molar-refractivity contribution in [2.24, 2.45) is 0 Å². The first-order valence-corrected chi connectivity index (χ1v) is 6.26. The predicted octanol–water partition coefficient (Wildman–Crippen LogP) is 4.58. The second-order valence-electron chi connectivity index (χ2n) is 4.16. The molecule has 2 aromatic carbocycles. The highest BCUT2D eigenvalue weighted by molar-refractivity contribution is 9.10. The molecule has 0 aliphatic carbocycles. The molecule has 0 heterocycles. The SMILES string of the molecule is Cc1cc(Oc2ccc(F)cc2N)cc(C)c1Br. The lowest BCUT2D eigenvalue weighted by Gasteiger charge is -2.11. The van der Waals surface area contributed by atoms with Gasteiger partial charge in [-0.05, 0) is 49.2 Å². The van der Waals surface area contributed by atoms with E-state index < -0.39 is 0 Å². The summed E-state index contributed by atoms with van der Waals surface area (Å²) in [6.45, 7) is 3.97. The Bertz CT molecular complexity index is 575. The van der Waals surface area contributed by atoms with Crippen LogP contribution >= 0.6 is 15.9 Å². The summed E-state index contributed by atoms with van der Waals surface area (Å²) in [7, 11) is 0. The summed E-state index contributed by atoms with van der Waals surface area (Å²) < 4.78 is 19.7. The average molecular weight is 310 g/mol. The van der Waals surface area contributed by atoms with Crippen LogP contribution in [-0.2, 0) is 0 Å². The van der Waals surface area contributed by atoms with E-state index in [4.69, 9.17) is 10.5 Å². The van der Waals surface area contributed by atoms with E-state index in [9.17, 15) is 4.39 Å². The Kier molecular flexibility index (Phi) is 3.57. The first-order chi connectivity index (χ1) is 8.47. The molecule has 0 saturated carbocycles. The number of anilines is 1.